The highest BCUT2D eigenvalue weighted by molar-refractivity contribution is 6.34. The summed E-state index contributed by atoms with van der Waals surface area (Å²) >= 11 is 5.91. The first kappa shape index (κ1) is 10.1. The normalized spacial score (nSPS) is 10.7. The first-order chi connectivity index (χ1) is 7.11. The lowest BCUT2D eigenvalue weighted by molar-refractivity contribution is 0.387. The molecule has 0 N–H and O–H groups in total. The maximum absolute atomic E-state index is 13.4. The van der Waals surface area contributed by atoms with Crippen molar-refractivity contribution in [2.75, 3.05) is 7.11 Å². The van der Waals surface area contributed by atoms with Gasteiger partial charge in [-0.25, -0.2) is 14.4 Å². The number of benzene rings is 1. The van der Waals surface area contributed by atoms with Gasteiger partial charge in [-0.15, -0.1) is 0 Å². The van der Waals surface area contributed by atoms with Crippen LogP contribution in [0.25, 0.3) is 10.9 Å². The first-order valence-electron chi connectivity index (χ1n) is 4.29. The van der Waals surface area contributed by atoms with Gasteiger partial charge in [-0.3, -0.25) is 0 Å². The zero-order chi connectivity index (χ0) is 11.0. The van der Waals surface area contributed by atoms with Crippen molar-refractivity contribution in [3.8, 4) is 5.75 Å². The van der Waals surface area contributed by atoms with Crippen molar-refractivity contribution < 1.29 is 9.13 Å². The zero-order valence-electron chi connectivity index (χ0n) is 8.21. The average Bonchev–Trinajstić information content (AvgIpc) is 2.16. The van der Waals surface area contributed by atoms with Crippen LogP contribution in [0, 0.1) is 12.7 Å². The Kier molecular flexibility index (Phi) is 2.44. The van der Waals surface area contributed by atoms with Gasteiger partial charge in [0, 0.05) is 11.5 Å². The van der Waals surface area contributed by atoms with Gasteiger partial charge >= 0.3 is 0 Å². The molecular weight excluding hydrogens is 219 g/mol. The largest absolute Gasteiger partial charge is 0.494 e. The molecule has 0 unspecified atom stereocenters. The van der Waals surface area contributed by atoms with E-state index in [2.05, 4.69) is 9.97 Å². The van der Waals surface area contributed by atoms with Crippen LogP contribution in [0.3, 0.4) is 0 Å². The molecule has 0 radical (unpaired) electrons. The third kappa shape index (κ3) is 1.72. The Labute approximate surface area is 90.9 Å². The van der Waals surface area contributed by atoms with Crippen LogP contribution < -0.4 is 4.74 Å². The third-order valence-electron chi connectivity index (χ3n) is 2.03. The molecule has 0 aliphatic carbocycles. The number of hydrogen-bond acceptors (Lipinski definition) is 3. The fourth-order valence-electron chi connectivity index (χ4n) is 1.36. The Morgan fingerprint density at radius 1 is 1.33 bits per heavy atom. The molecule has 0 fully saturated rings. The number of halogens is 2. The maximum atomic E-state index is 13.4. The molecule has 3 nitrogen and oxygen atoms in total. The molecule has 1 aromatic heterocycles. The van der Waals surface area contributed by atoms with Gasteiger partial charge in [0.25, 0.3) is 0 Å². The average molecular weight is 227 g/mol. The molecule has 1 heterocycles. The topological polar surface area (TPSA) is 35.0 Å². The summed E-state index contributed by atoms with van der Waals surface area (Å²) in [6, 6.07) is 2.78. The minimum atomic E-state index is -0.459. The molecule has 2 aromatic rings. The predicted molar refractivity (Wildman–Crippen MR) is 55.8 cm³/mol. The second-order valence-corrected chi connectivity index (χ2v) is 3.42. The number of aromatic nitrogens is 2. The second-order valence-electron chi connectivity index (χ2n) is 3.07. The Hall–Kier alpha value is -1.42. The van der Waals surface area contributed by atoms with Gasteiger partial charge < -0.3 is 4.74 Å². The fourth-order valence-corrected chi connectivity index (χ4v) is 1.63. The molecule has 0 saturated carbocycles. The van der Waals surface area contributed by atoms with E-state index in [-0.39, 0.29) is 5.75 Å². The lowest BCUT2D eigenvalue weighted by Gasteiger charge is -2.05. The van der Waals surface area contributed by atoms with Crippen LogP contribution >= 0.6 is 11.6 Å². The molecular formula is C10H8ClFN2O. The van der Waals surface area contributed by atoms with E-state index in [0.717, 1.165) is 0 Å². The third-order valence-corrected chi connectivity index (χ3v) is 2.32. The predicted octanol–water partition coefficient (Wildman–Crippen LogP) is 2.74. The molecule has 0 amide bonds. The number of hydrogen-bond donors (Lipinski definition) is 0. The van der Waals surface area contributed by atoms with Gasteiger partial charge in [-0.1, -0.05) is 11.6 Å². The van der Waals surface area contributed by atoms with Gasteiger partial charge in [0.1, 0.15) is 11.0 Å². The van der Waals surface area contributed by atoms with Crippen LogP contribution in [-0.2, 0) is 0 Å². The Morgan fingerprint density at radius 3 is 2.73 bits per heavy atom. The van der Waals surface area contributed by atoms with Crippen molar-refractivity contribution >= 4 is 22.5 Å². The summed E-state index contributed by atoms with van der Waals surface area (Å²) in [6.07, 6.45) is 0. The van der Waals surface area contributed by atoms with Crippen molar-refractivity contribution in [1.29, 1.82) is 0 Å². The van der Waals surface area contributed by atoms with Crippen LogP contribution in [0.2, 0.25) is 5.15 Å². The van der Waals surface area contributed by atoms with Crippen molar-refractivity contribution in [3.05, 3.63) is 28.9 Å². The van der Waals surface area contributed by atoms with Crippen LogP contribution in [0.15, 0.2) is 12.1 Å². The molecule has 0 bridgehead atoms. The summed E-state index contributed by atoms with van der Waals surface area (Å²) in [5, 5.41) is 0.885. The lowest BCUT2D eigenvalue weighted by Crippen LogP contribution is -1.94. The fraction of sp³-hybridized carbons (Fsp3) is 0.200. The Morgan fingerprint density at radius 2 is 2.07 bits per heavy atom. The summed E-state index contributed by atoms with van der Waals surface area (Å²) in [5.74, 6) is 0.188. The van der Waals surface area contributed by atoms with E-state index >= 15 is 0 Å². The standard InChI is InChI=1S/C10H8ClFN2O/c1-5-13-8-4-7(12)9(15-2)3-6(8)10(11)14-5/h3-4H,1-2H3. The summed E-state index contributed by atoms with van der Waals surface area (Å²) in [6.45, 7) is 1.70. The van der Waals surface area contributed by atoms with Crippen LogP contribution in [-0.4, -0.2) is 17.1 Å². The summed E-state index contributed by atoms with van der Waals surface area (Å²) in [5.41, 5.74) is 0.478. The first-order valence-corrected chi connectivity index (χ1v) is 4.67. The van der Waals surface area contributed by atoms with Crippen molar-refractivity contribution in [2.24, 2.45) is 0 Å². The van der Waals surface area contributed by atoms with E-state index in [4.69, 9.17) is 16.3 Å². The number of aryl methyl sites for hydroxylation is 1. The number of methoxy groups -OCH3 is 1. The van der Waals surface area contributed by atoms with Crippen molar-refractivity contribution in [1.82, 2.24) is 9.97 Å². The van der Waals surface area contributed by atoms with Gasteiger partial charge in [0.2, 0.25) is 0 Å². The van der Waals surface area contributed by atoms with E-state index in [9.17, 15) is 4.39 Å². The molecule has 2 rings (SSSR count). The van der Waals surface area contributed by atoms with Gasteiger partial charge in [-0.2, -0.15) is 0 Å². The molecule has 78 valence electrons. The molecule has 0 atom stereocenters. The van der Waals surface area contributed by atoms with Crippen LogP contribution in [0.4, 0.5) is 4.39 Å². The van der Waals surface area contributed by atoms with E-state index < -0.39 is 5.82 Å². The minimum Gasteiger partial charge on any atom is -0.494 e. The highest BCUT2D eigenvalue weighted by atomic mass is 35.5. The zero-order valence-corrected chi connectivity index (χ0v) is 8.97. The number of fused-ring (bicyclic) bond motifs is 1. The molecule has 0 saturated heterocycles. The second kappa shape index (κ2) is 3.62. The van der Waals surface area contributed by atoms with Gasteiger partial charge in [0.05, 0.1) is 12.6 Å². The SMILES string of the molecule is COc1cc2c(Cl)nc(C)nc2cc1F. The van der Waals surface area contributed by atoms with E-state index in [1.54, 1.807) is 6.92 Å². The van der Waals surface area contributed by atoms with Crippen LogP contribution in [0.5, 0.6) is 5.75 Å². The molecule has 5 heteroatoms. The number of ether oxygens (including phenoxy) is 1. The maximum Gasteiger partial charge on any atom is 0.167 e. The van der Waals surface area contributed by atoms with Gasteiger partial charge in [0.15, 0.2) is 11.6 Å². The molecule has 15 heavy (non-hydrogen) atoms. The monoisotopic (exact) mass is 226 g/mol. The Bertz CT molecular complexity index is 530. The summed E-state index contributed by atoms with van der Waals surface area (Å²) in [7, 11) is 1.40. The van der Waals surface area contributed by atoms with Gasteiger partial charge in [-0.05, 0) is 13.0 Å². The number of nitrogens with zero attached hydrogens (tertiary/aromatic N) is 2. The molecule has 0 aliphatic heterocycles. The van der Waals surface area contributed by atoms with E-state index in [0.29, 0.717) is 21.9 Å². The van der Waals surface area contributed by atoms with E-state index in [1.807, 2.05) is 0 Å². The Balaban J connectivity index is 2.81. The smallest absolute Gasteiger partial charge is 0.167 e. The summed E-state index contributed by atoms with van der Waals surface area (Å²) < 4.78 is 18.2. The lowest BCUT2D eigenvalue weighted by atomic mass is 10.2. The minimum absolute atomic E-state index is 0.136. The summed E-state index contributed by atoms with van der Waals surface area (Å²) in [4.78, 5) is 8.06. The van der Waals surface area contributed by atoms with Crippen molar-refractivity contribution in [3.63, 3.8) is 0 Å². The quantitative estimate of drug-likeness (QED) is 0.702. The molecule has 1 aromatic carbocycles. The molecule has 0 spiro atoms. The number of rotatable bonds is 1. The molecule has 0 aliphatic rings. The van der Waals surface area contributed by atoms with Crippen molar-refractivity contribution in [2.45, 2.75) is 6.92 Å². The van der Waals surface area contributed by atoms with E-state index in [1.165, 1.54) is 19.2 Å². The highest BCUT2D eigenvalue weighted by Crippen LogP contribution is 2.27. The van der Waals surface area contributed by atoms with Crippen LogP contribution in [0.1, 0.15) is 5.82 Å². The highest BCUT2D eigenvalue weighted by Gasteiger charge is 2.09.